The molecule has 4 heteroatoms. The van der Waals surface area contributed by atoms with Crippen LogP contribution in [0.1, 0.15) is 13.8 Å². The normalized spacial score (nSPS) is 15.2. The molecule has 0 spiro atoms. The van der Waals surface area contributed by atoms with Crippen LogP contribution in [-0.4, -0.2) is 18.9 Å². The van der Waals surface area contributed by atoms with E-state index in [9.17, 15) is 9.59 Å². The lowest BCUT2D eigenvalue weighted by Crippen LogP contribution is -2.35. The van der Waals surface area contributed by atoms with Crippen molar-refractivity contribution in [3.63, 3.8) is 0 Å². The van der Waals surface area contributed by atoms with E-state index in [-0.39, 0.29) is 11.8 Å². The van der Waals surface area contributed by atoms with Crippen LogP contribution >= 0.6 is 0 Å². The summed E-state index contributed by atoms with van der Waals surface area (Å²) in [5.41, 5.74) is 5.01. The second-order valence-corrected chi connectivity index (χ2v) is 2.59. The second kappa shape index (κ2) is 3.95. The average Bonchev–Trinajstić information content (AvgIpc) is 2.00. The fraction of sp³-hybridized carbons (Fsp3) is 0.714. The maximum atomic E-state index is 10.9. The molecule has 2 unspecified atom stereocenters. The average molecular weight is 158 g/mol. The predicted octanol–water partition coefficient (Wildman–Crippen LogP) is -0.510. The number of carbonyl (C=O) groups excluding carboxylic acids is 2. The van der Waals surface area contributed by atoms with E-state index in [2.05, 4.69) is 5.32 Å². The Kier molecular flexibility index (Phi) is 3.57. The lowest BCUT2D eigenvalue weighted by molar-refractivity contribution is -0.131. The van der Waals surface area contributed by atoms with Crippen molar-refractivity contribution in [2.75, 3.05) is 7.05 Å². The van der Waals surface area contributed by atoms with Crippen LogP contribution in [0.5, 0.6) is 0 Å². The summed E-state index contributed by atoms with van der Waals surface area (Å²) in [6, 6.07) is 0. The molecule has 0 radical (unpaired) electrons. The van der Waals surface area contributed by atoms with Crippen molar-refractivity contribution in [3.05, 3.63) is 0 Å². The van der Waals surface area contributed by atoms with Crippen molar-refractivity contribution < 1.29 is 9.59 Å². The lowest BCUT2D eigenvalue weighted by Gasteiger charge is -2.14. The Bertz CT molecular complexity index is 168. The topological polar surface area (TPSA) is 72.2 Å². The van der Waals surface area contributed by atoms with Gasteiger partial charge in [0.05, 0.1) is 0 Å². The van der Waals surface area contributed by atoms with E-state index in [4.69, 9.17) is 5.73 Å². The van der Waals surface area contributed by atoms with Gasteiger partial charge in [-0.25, -0.2) is 0 Å². The van der Waals surface area contributed by atoms with Gasteiger partial charge < -0.3 is 11.1 Å². The fourth-order valence-electron chi connectivity index (χ4n) is 0.701. The molecule has 0 saturated heterocycles. The van der Waals surface area contributed by atoms with Crippen LogP contribution in [0, 0.1) is 11.8 Å². The molecule has 11 heavy (non-hydrogen) atoms. The van der Waals surface area contributed by atoms with Crippen LogP contribution in [-0.2, 0) is 9.59 Å². The van der Waals surface area contributed by atoms with Crippen molar-refractivity contribution in [2.24, 2.45) is 17.6 Å². The summed E-state index contributed by atoms with van der Waals surface area (Å²) in [6.07, 6.45) is 0. The summed E-state index contributed by atoms with van der Waals surface area (Å²) >= 11 is 0. The van der Waals surface area contributed by atoms with Gasteiger partial charge in [-0.2, -0.15) is 0 Å². The Labute approximate surface area is 66.1 Å². The molecule has 2 amide bonds. The summed E-state index contributed by atoms with van der Waals surface area (Å²) in [6.45, 7) is 3.32. The molecular formula is C7H14N2O2. The van der Waals surface area contributed by atoms with E-state index < -0.39 is 11.8 Å². The molecule has 0 aliphatic rings. The molecule has 0 heterocycles. The molecular weight excluding hydrogens is 144 g/mol. The monoisotopic (exact) mass is 158 g/mol. The molecule has 0 fully saturated rings. The summed E-state index contributed by atoms with van der Waals surface area (Å²) in [4.78, 5) is 21.5. The van der Waals surface area contributed by atoms with E-state index in [1.54, 1.807) is 13.8 Å². The SMILES string of the molecule is CNC(=O)C(C)C(C)C(N)=O. The molecule has 4 nitrogen and oxygen atoms in total. The zero-order valence-corrected chi connectivity index (χ0v) is 7.05. The van der Waals surface area contributed by atoms with Gasteiger partial charge in [-0.05, 0) is 0 Å². The minimum Gasteiger partial charge on any atom is -0.369 e. The van der Waals surface area contributed by atoms with Crippen LogP contribution in [0.3, 0.4) is 0 Å². The van der Waals surface area contributed by atoms with E-state index in [0.29, 0.717) is 0 Å². The third kappa shape index (κ3) is 2.57. The van der Waals surface area contributed by atoms with Gasteiger partial charge in [-0.15, -0.1) is 0 Å². The number of nitrogens with one attached hydrogen (secondary N) is 1. The molecule has 0 saturated carbocycles. The van der Waals surface area contributed by atoms with Crippen molar-refractivity contribution >= 4 is 11.8 Å². The van der Waals surface area contributed by atoms with Crippen LogP contribution in [0.4, 0.5) is 0 Å². The highest BCUT2D eigenvalue weighted by Gasteiger charge is 2.22. The molecule has 2 atom stereocenters. The minimum absolute atomic E-state index is 0.156. The Balaban J connectivity index is 4.12. The fourth-order valence-corrected chi connectivity index (χ4v) is 0.701. The largest absolute Gasteiger partial charge is 0.369 e. The Morgan fingerprint density at radius 3 is 2.00 bits per heavy atom. The first-order valence-corrected chi connectivity index (χ1v) is 3.51. The third-order valence-corrected chi connectivity index (χ3v) is 1.86. The quantitative estimate of drug-likeness (QED) is 0.580. The van der Waals surface area contributed by atoms with Crippen LogP contribution in [0.25, 0.3) is 0 Å². The van der Waals surface area contributed by atoms with E-state index in [1.165, 1.54) is 7.05 Å². The van der Waals surface area contributed by atoms with Gasteiger partial charge in [0.1, 0.15) is 0 Å². The first-order chi connectivity index (χ1) is 5.00. The lowest BCUT2D eigenvalue weighted by atomic mass is 9.95. The van der Waals surface area contributed by atoms with Gasteiger partial charge in [0, 0.05) is 18.9 Å². The van der Waals surface area contributed by atoms with Gasteiger partial charge in [0.25, 0.3) is 0 Å². The smallest absolute Gasteiger partial charge is 0.223 e. The highest BCUT2D eigenvalue weighted by atomic mass is 16.2. The summed E-state index contributed by atoms with van der Waals surface area (Å²) in [5.74, 6) is -1.36. The van der Waals surface area contributed by atoms with E-state index >= 15 is 0 Å². The molecule has 0 bridgehead atoms. The maximum Gasteiger partial charge on any atom is 0.223 e. The highest BCUT2D eigenvalue weighted by Crippen LogP contribution is 2.09. The van der Waals surface area contributed by atoms with Gasteiger partial charge in [-0.3, -0.25) is 9.59 Å². The van der Waals surface area contributed by atoms with Crippen LogP contribution < -0.4 is 11.1 Å². The second-order valence-electron chi connectivity index (χ2n) is 2.59. The number of rotatable bonds is 3. The molecule has 0 aliphatic heterocycles. The molecule has 3 N–H and O–H groups in total. The number of amides is 2. The number of hydrogen-bond acceptors (Lipinski definition) is 2. The Hall–Kier alpha value is -1.06. The Morgan fingerprint density at radius 2 is 1.73 bits per heavy atom. The summed E-state index contributed by atoms with van der Waals surface area (Å²) < 4.78 is 0. The van der Waals surface area contributed by atoms with Crippen molar-refractivity contribution in [1.29, 1.82) is 0 Å². The number of hydrogen-bond donors (Lipinski definition) is 2. The van der Waals surface area contributed by atoms with Crippen molar-refractivity contribution in [3.8, 4) is 0 Å². The molecule has 0 aliphatic carbocycles. The third-order valence-electron chi connectivity index (χ3n) is 1.86. The van der Waals surface area contributed by atoms with Gasteiger partial charge >= 0.3 is 0 Å². The van der Waals surface area contributed by atoms with Crippen LogP contribution in [0.2, 0.25) is 0 Å². The highest BCUT2D eigenvalue weighted by molar-refractivity contribution is 5.86. The number of nitrogens with two attached hydrogens (primary N) is 1. The molecule has 64 valence electrons. The van der Waals surface area contributed by atoms with Crippen molar-refractivity contribution in [2.45, 2.75) is 13.8 Å². The molecule has 0 aromatic rings. The van der Waals surface area contributed by atoms with Crippen molar-refractivity contribution in [1.82, 2.24) is 5.32 Å². The van der Waals surface area contributed by atoms with E-state index in [1.807, 2.05) is 0 Å². The number of primary amides is 1. The number of carbonyl (C=O) groups is 2. The summed E-state index contributed by atoms with van der Waals surface area (Å²) in [5, 5.41) is 2.45. The molecule has 0 rings (SSSR count). The van der Waals surface area contributed by atoms with Gasteiger partial charge in [-0.1, -0.05) is 13.8 Å². The predicted molar refractivity (Wildman–Crippen MR) is 41.6 cm³/mol. The molecule has 0 aromatic heterocycles. The van der Waals surface area contributed by atoms with Gasteiger partial charge in [0.2, 0.25) is 11.8 Å². The van der Waals surface area contributed by atoms with Gasteiger partial charge in [0.15, 0.2) is 0 Å². The summed E-state index contributed by atoms with van der Waals surface area (Å²) in [7, 11) is 1.53. The zero-order valence-electron chi connectivity index (χ0n) is 7.05. The maximum absolute atomic E-state index is 10.9. The minimum atomic E-state index is -0.443. The molecule has 0 aromatic carbocycles. The first-order valence-electron chi connectivity index (χ1n) is 3.51. The van der Waals surface area contributed by atoms with E-state index in [0.717, 1.165) is 0 Å². The Morgan fingerprint density at radius 1 is 1.27 bits per heavy atom. The zero-order chi connectivity index (χ0) is 9.02. The standard InChI is InChI=1S/C7H14N2O2/c1-4(6(8)10)5(2)7(11)9-3/h4-5H,1-3H3,(H2,8,10)(H,9,11). The first kappa shape index (κ1) is 9.94. The van der Waals surface area contributed by atoms with Crippen LogP contribution in [0.15, 0.2) is 0 Å².